The van der Waals surface area contributed by atoms with Crippen LogP contribution in [-0.4, -0.2) is 54.2 Å². The first kappa shape index (κ1) is 15.8. The monoisotopic (exact) mass is 271 g/mol. The molecule has 2 atom stereocenters. The van der Waals surface area contributed by atoms with Crippen LogP contribution in [0.15, 0.2) is 0 Å². The molecule has 0 radical (unpaired) electrons. The highest BCUT2D eigenvalue weighted by atomic mass is 16.4. The van der Waals surface area contributed by atoms with Gasteiger partial charge in [-0.25, -0.2) is 9.59 Å². The van der Waals surface area contributed by atoms with Crippen molar-refractivity contribution in [3.05, 3.63) is 0 Å². The zero-order valence-electron chi connectivity index (χ0n) is 12.2. The number of carboxylic acids is 1. The fourth-order valence-corrected chi connectivity index (χ4v) is 2.29. The Morgan fingerprint density at radius 1 is 1.37 bits per heavy atom. The first-order chi connectivity index (χ1) is 8.70. The molecule has 1 rings (SSSR count). The zero-order chi connectivity index (χ0) is 14.6. The fraction of sp³-hybridized carbons (Fsp3) is 0.846. The molecule has 0 aromatic rings. The molecule has 0 saturated carbocycles. The third-order valence-electron chi connectivity index (χ3n) is 3.35. The van der Waals surface area contributed by atoms with E-state index in [0.29, 0.717) is 0 Å². The molecule has 0 aromatic heterocycles. The predicted molar refractivity (Wildman–Crippen MR) is 73.1 cm³/mol. The van der Waals surface area contributed by atoms with E-state index in [1.165, 1.54) is 0 Å². The van der Waals surface area contributed by atoms with Gasteiger partial charge in [-0.1, -0.05) is 20.8 Å². The molecule has 0 bridgehead atoms. The Bertz CT molecular complexity index is 339. The van der Waals surface area contributed by atoms with Crippen LogP contribution >= 0.6 is 0 Å². The van der Waals surface area contributed by atoms with Crippen molar-refractivity contribution in [3.63, 3.8) is 0 Å². The van der Waals surface area contributed by atoms with Crippen molar-refractivity contribution in [2.75, 3.05) is 20.1 Å². The molecule has 1 fully saturated rings. The van der Waals surface area contributed by atoms with Gasteiger partial charge in [-0.2, -0.15) is 0 Å². The number of likely N-dealkylation sites (N-methyl/N-ethyl adjacent to an activating group) is 1. The lowest BCUT2D eigenvalue weighted by Crippen LogP contribution is -2.56. The molecule has 3 N–H and O–H groups in total. The van der Waals surface area contributed by atoms with Gasteiger partial charge in [0.25, 0.3) is 0 Å². The van der Waals surface area contributed by atoms with E-state index in [1.807, 2.05) is 7.05 Å². The van der Waals surface area contributed by atoms with E-state index in [4.69, 9.17) is 5.11 Å². The molecule has 0 spiro atoms. The minimum Gasteiger partial charge on any atom is -0.480 e. The van der Waals surface area contributed by atoms with Gasteiger partial charge in [-0.3, -0.25) is 0 Å². The molecule has 6 nitrogen and oxygen atoms in total. The molecule has 0 aromatic carbocycles. The third-order valence-corrected chi connectivity index (χ3v) is 3.35. The largest absolute Gasteiger partial charge is 0.480 e. The minimum atomic E-state index is -1.01. The number of nitrogens with zero attached hydrogens (tertiary/aromatic N) is 1. The fourth-order valence-electron chi connectivity index (χ4n) is 2.29. The maximum absolute atomic E-state index is 11.9. The van der Waals surface area contributed by atoms with Gasteiger partial charge in [0.1, 0.15) is 6.04 Å². The number of urea groups is 1. The number of likely N-dealkylation sites (tertiary alicyclic amines) is 1. The van der Waals surface area contributed by atoms with Gasteiger partial charge >= 0.3 is 12.0 Å². The van der Waals surface area contributed by atoms with Crippen LogP contribution in [0.4, 0.5) is 4.79 Å². The van der Waals surface area contributed by atoms with Gasteiger partial charge in [-0.05, 0) is 31.8 Å². The van der Waals surface area contributed by atoms with Gasteiger partial charge in [0.05, 0.1) is 0 Å². The average molecular weight is 271 g/mol. The molecule has 1 aliphatic rings. The second-order valence-corrected chi connectivity index (χ2v) is 6.36. The molecule has 1 saturated heterocycles. The van der Waals surface area contributed by atoms with Crippen LogP contribution in [0.2, 0.25) is 0 Å². The standard InChI is InChI=1S/C13H25N3O3/c1-13(2,3)10(11(17)18)15-12(19)14-9-6-5-7-16(4)8-9/h9-10H,5-8H2,1-4H3,(H,17,18)(H2,14,15,19). The first-order valence-electron chi connectivity index (χ1n) is 6.68. The Morgan fingerprint density at radius 2 is 2.00 bits per heavy atom. The quantitative estimate of drug-likeness (QED) is 0.711. The summed E-state index contributed by atoms with van der Waals surface area (Å²) in [6, 6.07) is -1.20. The van der Waals surface area contributed by atoms with E-state index in [-0.39, 0.29) is 6.04 Å². The van der Waals surface area contributed by atoms with Crippen molar-refractivity contribution in [2.24, 2.45) is 5.41 Å². The SMILES string of the molecule is CN1CCCC(NC(=O)NC(C(=O)O)C(C)(C)C)C1. The lowest BCUT2D eigenvalue weighted by Gasteiger charge is -2.32. The number of piperidine rings is 1. The number of carbonyl (C=O) groups is 2. The average Bonchev–Trinajstić information content (AvgIpc) is 2.24. The van der Waals surface area contributed by atoms with E-state index in [9.17, 15) is 9.59 Å². The van der Waals surface area contributed by atoms with Crippen molar-refractivity contribution < 1.29 is 14.7 Å². The van der Waals surface area contributed by atoms with Gasteiger partial charge in [-0.15, -0.1) is 0 Å². The molecule has 6 heteroatoms. The van der Waals surface area contributed by atoms with Crippen molar-refractivity contribution in [3.8, 4) is 0 Å². The van der Waals surface area contributed by atoms with Crippen molar-refractivity contribution in [2.45, 2.75) is 45.7 Å². The summed E-state index contributed by atoms with van der Waals surface area (Å²) in [5.41, 5.74) is -0.521. The number of carbonyl (C=O) groups excluding carboxylic acids is 1. The first-order valence-corrected chi connectivity index (χ1v) is 6.68. The van der Waals surface area contributed by atoms with Crippen LogP contribution in [-0.2, 0) is 4.79 Å². The number of aliphatic carboxylic acids is 1. The van der Waals surface area contributed by atoms with Crippen LogP contribution in [0.5, 0.6) is 0 Å². The Morgan fingerprint density at radius 3 is 2.47 bits per heavy atom. The van der Waals surface area contributed by atoms with E-state index < -0.39 is 23.5 Å². The van der Waals surface area contributed by atoms with Crippen LogP contribution in [0.3, 0.4) is 0 Å². The highest BCUT2D eigenvalue weighted by Gasteiger charge is 2.33. The molecule has 2 unspecified atom stereocenters. The molecule has 19 heavy (non-hydrogen) atoms. The lowest BCUT2D eigenvalue weighted by atomic mass is 9.87. The molecule has 2 amide bonds. The number of hydrogen-bond acceptors (Lipinski definition) is 3. The number of hydrogen-bond donors (Lipinski definition) is 3. The Kier molecular flexibility index (Phi) is 5.17. The van der Waals surface area contributed by atoms with Crippen LogP contribution in [0, 0.1) is 5.41 Å². The van der Waals surface area contributed by atoms with Crippen LogP contribution in [0.25, 0.3) is 0 Å². The molecular weight excluding hydrogens is 246 g/mol. The summed E-state index contributed by atoms with van der Waals surface area (Å²) in [4.78, 5) is 25.2. The maximum Gasteiger partial charge on any atom is 0.326 e. The number of nitrogens with one attached hydrogen (secondary N) is 2. The summed E-state index contributed by atoms with van der Waals surface area (Å²) in [7, 11) is 2.01. The highest BCUT2D eigenvalue weighted by Crippen LogP contribution is 2.19. The minimum absolute atomic E-state index is 0.0909. The second kappa shape index (κ2) is 6.23. The summed E-state index contributed by atoms with van der Waals surface area (Å²) in [6.45, 7) is 7.22. The predicted octanol–water partition coefficient (Wildman–Crippen LogP) is 0.879. The number of amides is 2. The normalized spacial score (nSPS) is 22.6. The van der Waals surface area contributed by atoms with E-state index in [0.717, 1.165) is 25.9 Å². The summed E-state index contributed by atoms with van der Waals surface area (Å²) in [5, 5.41) is 14.6. The van der Waals surface area contributed by atoms with E-state index in [1.54, 1.807) is 20.8 Å². The zero-order valence-corrected chi connectivity index (χ0v) is 12.2. The summed E-state index contributed by atoms with van der Waals surface area (Å²) >= 11 is 0. The Hall–Kier alpha value is -1.30. The van der Waals surface area contributed by atoms with Crippen molar-refractivity contribution in [1.82, 2.24) is 15.5 Å². The summed E-state index contributed by atoms with van der Waals surface area (Å²) in [6.07, 6.45) is 1.98. The smallest absolute Gasteiger partial charge is 0.326 e. The van der Waals surface area contributed by atoms with Crippen molar-refractivity contribution in [1.29, 1.82) is 0 Å². The maximum atomic E-state index is 11.9. The second-order valence-electron chi connectivity index (χ2n) is 6.36. The summed E-state index contributed by atoms with van der Waals surface area (Å²) in [5.74, 6) is -1.01. The lowest BCUT2D eigenvalue weighted by molar-refractivity contribution is -0.141. The van der Waals surface area contributed by atoms with Gasteiger partial charge in [0.2, 0.25) is 0 Å². The van der Waals surface area contributed by atoms with Gasteiger partial charge in [0.15, 0.2) is 0 Å². The summed E-state index contributed by atoms with van der Waals surface area (Å²) < 4.78 is 0. The van der Waals surface area contributed by atoms with E-state index in [2.05, 4.69) is 15.5 Å². The molecule has 1 aliphatic heterocycles. The van der Waals surface area contributed by atoms with Crippen molar-refractivity contribution >= 4 is 12.0 Å². The third kappa shape index (κ3) is 5.06. The molecule has 110 valence electrons. The highest BCUT2D eigenvalue weighted by molar-refractivity contribution is 5.83. The number of carboxylic acid groups (broad SMARTS) is 1. The Balaban J connectivity index is 2.51. The van der Waals surface area contributed by atoms with E-state index >= 15 is 0 Å². The molecular formula is C13H25N3O3. The van der Waals surface area contributed by atoms with Crippen LogP contribution in [0.1, 0.15) is 33.6 Å². The number of rotatable bonds is 3. The van der Waals surface area contributed by atoms with Gasteiger partial charge in [0, 0.05) is 12.6 Å². The van der Waals surface area contributed by atoms with Crippen LogP contribution < -0.4 is 10.6 Å². The van der Waals surface area contributed by atoms with Gasteiger partial charge < -0.3 is 20.6 Å². The topological polar surface area (TPSA) is 81.7 Å². The molecule has 0 aliphatic carbocycles. The Labute approximate surface area is 114 Å². The molecule has 1 heterocycles.